The molecule has 29 heavy (non-hydrogen) atoms. The van der Waals surface area contributed by atoms with Crippen LogP contribution in [0.1, 0.15) is 11.8 Å². The summed E-state index contributed by atoms with van der Waals surface area (Å²) < 4.78 is 7.03. The maximum atomic E-state index is 10.3. The van der Waals surface area contributed by atoms with Crippen LogP contribution in [0.2, 0.25) is 10.0 Å². The summed E-state index contributed by atoms with van der Waals surface area (Å²) in [6, 6.07) is 5.25. The Morgan fingerprint density at radius 3 is 2.69 bits per heavy atom. The quantitative estimate of drug-likeness (QED) is 0.332. The number of fused-ring (bicyclic) bond motifs is 1. The third-order valence-corrected chi connectivity index (χ3v) is 6.18. The summed E-state index contributed by atoms with van der Waals surface area (Å²) in [5, 5.41) is 31.2. The molecule has 0 radical (unpaired) electrons. The van der Waals surface area contributed by atoms with Crippen LogP contribution in [0.3, 0.4) is 0 Å². The normalized spacial score (nSPS) is 24.4. The van der Waals surface area contributed by atoms with Gasteiger partial charge < -0.3 is 25.8 Å². The van der Waals surface area contributed by atoms with Crippen molar-refractivity contribution < 1.29 is 20.1 Å². The number of rotatable bonds is 5. The van der Waals surface area contributed by atoms with Gasteiger partial charge in [0, 0.05) is 15.8 Å². The topological polar surface area (TPSA) is 140 Å². The molecule has 1 aliphatic heterocycles. The Balaban J connectivity index is 1.65. The summed E-state index contributed by atoms with van der Waals surface area (Å²) in [5.41, 5.74) is 7.55. The smallest absolute Gasteiger partial charge is 0.223 e. The Morgan fingerprint density at radius 1 is 1.21 bits per heavy atom. The maximum Gasteiger partial charge on any atom is 0.223 e. The van der Waals surface area contributed by atoms with Crippen molar-refractivity contribution in [2.45, 2.75) is 35.3 Å². The van der Waals surface area contributed by atoms with Crippen LogP contribution in [0.5, 0.6) is 0 Å². The van der Waals surface area contributed by atoms with E-state index in [1.807, 2.05) is 6.07 Å². The number of ether oxygens (including phenoxy) is 1. The monoisotopic (exact) mass is 457 g/mol. The predicted octanol–water partition coefficient (Wildman–Crippen LogP) is 1.62. The van der Waals surface area contributed by atoms with Gasteiger partial charge in [-0.15, -0.1) is 0 Å². The van der Waals surface area contributed by atoms with Crippen LogP contribution < -0.4 is 5.73 Å². The van der Waals surface area contributed by atoms with E-state index in [4.69, 9.17) is 33.7 Å². The van der Waals surface area contributed by atoms with E-state index in [0.717, 1.165) is 5.56 Å². The van der Waals surface area contributed by atoms with Crippen LogP contribution in [0.25, 0.3) is 11.2 Å². The highest BCUT2D eigenvalue weighted by Gasteiger charge is 2.44. The molecule has 3 aromatic rings. The molecule has 154 valence electrons. The first kappa shape index (κ1) is 20.6. The molecule has 1 aromatic carbocycles. The SMILES string of the molecule is Nc1nc(SCc2ccc(Cl)cc2Cl)c2ncn([C@@H]3O[C@@H](CO)[C@@H](O)[C@H]3O)c2n1. The number of nitrogen functional groups attached to an aromatic ring is 1. The second-order valence-electron chi connectivity index (χ2n) is 6.46. The van der Waals surface area contributed by atoms with Gasteiger partial charge in [0.1, 0.15) is 28.9 Å². The van der Waals surface area contributed by atoms with Crippen LogP contribution in [0.4, 0.5) is 5.95 Å². The number of anilines is 1. The van der Waals surface area contributed by atoms with Crippen molar-refractivity contribution in [2.75, 3.05) is 12.3 Å². The van der Waals surface area contributed by atoms with E-state index in [2.05, 4.69) is 15.0 Å². The van der Waals surface area contributed by atoms with E-state index >= 15 is 0 Å². The zero-order valence-electron chi connectivity index (χ0n) is 14.8. The molecular weight excluding hydrogens is 441 g/mol. The van der Waals surface area contributed by atoms with Gasteiger partial charge in [0.25, 0.3) is 0 Å². The van der Waals surface area contributed by atoms with E-state index in [-0.39, 0.29) is 5.95 Å². The zero-order chi connectivity index (χ0) is 20.7. The minimum absolute atomic E-state index is 0.0238. The lowest BCUT2D eigenvalue weighted by atomic mass is 10.1. The number of aromatic nitrogens is 4. The largest absolute Gasteiger partial charge is 0.394 e. The van der Waals surface area contributed by atoms with Crippen molar-refractivity contribution in [1.29, 1.82) is 0 Å². The minimum atomic E-state index is -1.26. The van der Waals surface area contributed by atoms with Crippen LogP contribution in [-0.2, 0) is 10.5 Å². The van der Waals surface area contributed by atoms with Crippen molar-refractivity contribution in [2.24, 2.45) is 0 Å². The number of imidazole rings is 1. The Morgan fingerprint density at radius 2 is 2.00 bits per heavy atom. The van der Waals surface area contributed by atoms with Gasteiger partial charge in [-0.05, 0) is 17.7 Å². The second kappa shape index (κ2) is 8.23. The molecule has 0 unspecified atom stereocenters. The molecule has 0 bridgehead atoms. The number of aliphatic hydroxyl groups is 3. The molecule has 4 rings (SSSR count). The third kappa shape index (κ3) is 3.89. The maximum absolute atomic E-state index is 10.3. The van der Waals surface area contributed by atoms with Gasteiger partial charge >= 0.3 is 0 Å². The standard InChI is InChI=1S/C17H17Cl2N5O4S/c18-8-2-1-7(9(19)3-8)5-29-15-11-14(22-17(20)23-15)24(6-21-11)16-13(27)12(26)10(4-25)28-16/h1-3,6,10,12-13,16,25-27H,4-5H2,(H2,20,22,23)/t10-,12+,13+,16+/m0/s1. The molecule has 9 nitrogen and oxygen atoms in total. The summed E-state index contributed by atoms with van der Waals surface area (Å²) in [7, 11) is 0. The highest BCUT2D eigenvalue weighted by atomic mass is 35.5. The molecule has 0 aliphatic carbocycles. The first-order valence-electron chi connectivity index (χ1n) is 8.58. The van der Waals surface area contributed by atoms with Gasteiger partial charge in [0.2, 0.25) is 5.95 Å². The molecule has 0 spiro atoms. The first-order valence-corrected chi connectivity index (χ1v) is 10.3. The highest BCUT2D eigenvalue weighted by molar-refractivity contribution is 7.98. The lowest BCUT2D eigenvalue weighted by Gasteiger charge is -2.16. The van der Waals surface area contributed by atoms with Crippen LogP contribution in [0, 0.1) is 0 Å². The summed E-state index contributed by atoms with van der Waals surface area (Å²) in [6.45, 7) is -0.429. The van der Waals surface area contributed by atoms with Gasteiger partial charge in [-0.2, -0.15) is 4.98 Å². The van der Waals surface area contributed by atoms with E-state index in [1.54, 1.807) is 12.1 Å². The molecule has 12 heteroatoms. The van der Waals surface area contributed by atoms with Crippen molar-refractivity contribution in [3.63, 3.8) is 0 Å². The third-order valence-electron chi connectivity index (χ3n) is 4.58. The van der Waals surface area contributed by atoms with Crippen LogP contribution >= 0.6 is 35.0 Å². The molecule has 4 atom stereocenters. The fourth-order valence-electron chi connectivity index (χ4n) is 3.09. The van der Waals surface area contributed by atoms with E-state index in [9.17, 15) is 15.3 Å². The fourth-order valence-corrected chi connectivity index (χ4v) is 4.63. The molecule has 0 amide bonds. The van der Waals surface area contributed by atoms with Crippen molar-refractivity contribution in [3.05, 3.63) is 40.1 Å². The average Bonchev–Trinajstić information content (AvgIpc) is 3.22. The summed E-state index contributed by atoms with van der Waals surface area (Å²) in [5.74, 6) is 0.526. The average molecular weight is 458 g/mol. The number of halogens is 2. The van der Waals surface area contributed by atoms with E-state index < -0.39 is 31.1 Å². The van der Waals surface area contributed by atoms with Gasteiger partial charge in [0.15, 0.2) is 11.9 Å². The number of aliphatic hydroxyl groups excluding tert-OH is 3. The van der Waals surface area contributed by atoms with Gasteiger partial charge in [-0.1, -0.05) is 41.0 Å². The van der Waals surface area contributed by atoms with Crippen molar-refractivity contribution in [3.8, 4) is 0 Å². The van der Waals surface area contributed by atoms with Gasteiger partial charge in [0.05, 0.1) is 12.9 Å². The summed E-state index contributed by atoms with van der Waals surface area (Å²) >= 11 is 13.5. The van der Waals surface area contributed by atoms with E-state index in [1.165, 1.54) is 22.7 Å². The summed E-state index contributed by atoms with van der Waals surface area (Å²) in [6.07, 6.45) is -2.94. The lowest BCUT2D eigenvalue weighted by Crippen LogP contribution is -2.33. The lowest BCUT2D eigenvalue weighted by molar-refractivity contribution is -0.0511. The van der Waals surface area contributed by atoms with Crippen molar-refractivity contribution >= 4 is 52.1 Å². The number of hydrogen-bond donors (Lipinski definition) is 4. The van der Waals surface area contributed by atoms with E-state index in [0.29, 0.717) is 32.0 Å². The predicted molar refractivity (Wildman–Crippen MR) is 109 cm³/mol. The number of thioether (sulfide) groups is 1. The molecular formula is C17H17Cl2N5O4S. The molecule has 2 aromatic heterocycles. The van der Waals surface area contributed by atoms with Crippen LogP contribution in [-0.4, -0.2) is 59.8 Å². The zero-order valence-corrected chi connectivity index (χ0v) is 17.1. The van der Waals surface area contributed by atoms with Crippen molar-refractivity contribution in [1.82, 2.24) is 19.5 Å². The fraction of sp³-hybridized carbons (Fsp3) is 0.353. The number of benzene rings is 1. The molecule has 0 saturated carbocycles. The number of nitrogens with two attached hydrogens (primary N) is 1. The summed E-state index contributed by atoms with van der Waals surface area (Å²) in [4.78, 5) is 12.8. The highest BCUT2D eigenvalue weighted by Crippen LogP contribution is 2.35. The molecule has 3 heterocycles. The molecule has 1 saturated heterocycles. The van der Waals surface area contributed by atoms with Crippen LogP contribution in [0.15, 0.2) is 29.6 Å². The Hall–Kier alpha value is -1.66. The number of nitrogens with zero attached hydrogens (tertiary/aromatic N) is 4. The van der Waals surface area contributed by atoms with Gasteiger partial charge in [-0.3, -0.25) is 4.57 Å². The number of hydrogen-bond acceptors (Lipinski definition) is 9. The Labute approximate surface area is 179 Å². The second-order valence-corrected chi connectivity index (χ2v) is 8.27. The Kier molecular flexibility index (Phi) is 5.85. The molecule has 1 fully saturated rings. The van der Waals surface area contributed by atoms with Gasteiger partial charge in [-0.25, -0.2) is 9.97 Å². The molecule has 1 aliphatic rings. The molecule has 5 N–H and O–H groups in total. The minimum Gasteiger partial charge on any atom is -0.394 e. The first-order chi connectivity index (χ1) is 13.9. The Bertz CT molecular complexity index is 1050.